The molecule has 2 rings (SSSR count). The molecule has 1 aromatic carbocycles. The highest BCUT2D eigenvalue weighted by Crippen LogP contribution is 2.27. The zero-order valence-corrected chi connectivity index (χ0v) is 13.9. The van der Waals surface area contributed by atoms with Crippen molar-refractivity contribution in [2.45, 2.75) is 5.16 Å². The number of aromatic nitrogens is 3. The van der Waals surface area contributed by atoms with Crippen molar-refractivity contribution in [1.29, 1.82) is 0 Å². The lowest BCUT2D eigenvalue weighted by Gasteiger charge is -2.05. The number of nitrogens with one attached hydrogen (secondary N) is 2. The van der Waals surface area contributed by atoms with E-state index in [0.29, 0.717) is 11.0 Å². The number of amides is 3. The zero-order valence-electron chi connectivity index (χ0n) is 11.5. The van der Waals surface area contributed by atoms with Crippen LogP contribution in [0.5, 0.6) is 0 Å². The van der Waals surface area contributed by atoms with E-state index in [1.807, 2.05) is 24.3 Å². The molecule has 116 valence electrons. The SMILES string of the molecule is CNC(=O)NC(=O)CSc1nnc(-c2ccccc2Br)n1N. The van der Waals surface area contributed by atoms with E-state index < -0.39 is 11.9 Å². The first-order valence-corrected chi connectivity index (χ1v) is 7.90. The lowest BCUT2D eigenvalue weighted by molar-refractivity contribution is -0.117. The third-order valence-electron chi connectivity index (χ3n) is 2.59. The van der Waals surface area contributed by atoms with Crippen molar-refractivity contribution in [3.05, 3.63) is 28.7 Å². The summed E-state index contributed by atoms with van der Waals surface area (Å²) in [6.07, 6.45) is 0. The maximum Gasteiger partial charge on any atom is 0.321 e. The fourth-order valence-corrected chi connectivity index (χ4v) is 2.68. The summed E-state index contributed by atoms with van der Waals surface area (Å²) in [5, 5.41) is 12.8. The van der Waals surface area contributed by atoms with Gasteiger partial charge >= 0.3 is 6.03 Å². The van der Waals surface area contributed by atoms with Crippen molar-refractivity contribution in [1.82, 2.24) is 25.5 Å². The van der Waals surface area contributed by atoms with Crippen LogP contribution in [0.2, 0.25) is 0 Å². The van der Waals surface area contributed by atoms with Crippen LogP contribution < -0.4 is 16.5 Å². The Morgan fingerprint density at radius 1 is 1.36 bits per heavy atom. The second-order valence-corrected chi connectivity index (χ2v) is 5.87. The van der Waals surface area contributed by atoms with Gasteiger partial charge in [-0.3, -0.25) is 10.1 Å². The molecule has 0 aliphatic carbocycles. The number of nitrogens with zero attached hydrogens (tertiary/aromatic N) is 3. The molecule has 0 aliphatic heterocycles. The Morgan fingerprint density at radius 2 is 2.09 bits per heavy atom. The number of nitrogens with two attached hydrogens (primary N) is 1. The molecule has 22 heavy (non-hydrogen) atoms. The maximum absolute atomic E-state index is 11.5. The second-order valence-electron chi connectivity index (χ2n) is 4.07. The van der Waals surface area contributed by atoms with Crippen LogP contribution in [0.4, 0.5) is 4.79 Å². The minimum atomic E-state index is -0.561. The first kappa shape index (κ1) is 16.3. The molecule has 1 heterocycles. The van der Waals surface area contributed by atoms with Crippen molar-refractivity contribution in [3.8, 4) is 11.4 Å². The number of halogens is 1. The molecule has 0 bridgehead atoms. The van der Waals surface area contributed by atoms with Crippen LogP contribution in [-0.4, -0.2) is 39.6 Å². The molecule has 0 saturated carbocycles. The van der Waals surface area contributed by atoms with Gasteiger partial charge < -0.3 is 11.2 Å². The third kappa shape index (κ3) is 3.77. The molecule has 8 nitrogen and oxygen atoms in total. The molecule has 0 radical (unpaired) electrons. The summed E-state index contributed by atoms with van der Waals surface area (Å²) in [6.45, 7) is 0. The average molecular weight is 385 g/mol. The van der Waals surface area contributed by atoms with Crippen molar-refractivity contribution in [2.24, 2.45) is 0 Å². The number of nitrogen functional groups attached to an aromatic ring is 1. The smallest absolute Gasteiger partial charge is 0.321 e. The maximum atomic E-state index is 11.5. The second kappa shape index (κ2) is 7.27. The summed E-state index contributed by atoms with van der Waals surface area (Å²) in [4.78, 5) is 22.5. The fraction of sp³-hybridized carbons (Fsp3) is 0.167. The number of carbonyl (C=O) groups is 2. The van der Waals surface area contributed by atoms with Crippen LogP contribution in [0.3, 0.4) is 0 Å². The zero-order chi connectivity index (χ0) is 16.1. The number of urea groups is 1. The summed E-state index contributed by atoms with van der Waals surface area (Å²) >= 11 is 4.51. The van der Waals surface area contributed by atoms with Gasteiger partial charge in [0.1, 0.15) is 0 Å². The lowest BCUT2D eigenvalue weighted by Crippen LogP contribution is -2.38. The number of benzene rings is 1. The molecule has 0 aliphatic rings. The highest BCUT2D eigenvalue weighted by Gasteiger charge is 2.15. The van der Waals surface area contributed by atoms with E-state index >= 15 is 0 Å². The molecule has 3 amide bonds. The molecule has 0 unspecified atom stereocenters. The average Bonchev–Trinajstić information content (AvgIpc) is 2.86. The Kier molecular flexibility index (Phi) is 5.39. The summed E-state index contributed by atoms with van der Waals surface area (Å²) in [5.74, 6) is 5.98. The van der Waals surface area contributed by atoms with E-state index in [0.717, 1.165) is 21.8 Å². The molecule has 0 fully saturated rings. The Balaban J connectivity index is 2.07. The molecular formula is C12H13BrN6O2S. The summed E-state index contributed by atoms with van der Waals surface area (Å²) in [6, 6.07) is 6.90. The molecule has 10 heteroatoms. The normalized spacial score (nSPS) is 10.3. The summed E-state index contributed by atoms with van der Waals surface area (Å²) in [7, 11) is 1.43. The number of imide groups is 1. The highest BCUT2D eigenvalue weighted by molar-refractivity contribution is 9.10. The van der Waals surface area contributed by atoms with Crippen LogP contribution in [-0.2, 0) is 4.79 Å². The van der Waals surface area contributed by atoms with Crippen molar-refractivity contribution in [2.75, 3.05) is 18.6 Å². The van der Waals surface area contributed by atoms with Gasteiger partial charge in [0.2, 0.25) is 11.1 Å². The van der Waals surface area contributed by atoms with Crippen molar-refractivity contribution in [3.63, 3.8) is 0 Å². The number of thioether (sulfide) groups is 1. The van der Waals surface area contributed by atoms with E-state index in [9.17, 15) is 9.59 Å². The van der Waals surface area contributed by atoms with Gasteiger partial charge in [0.05, 0.1) is 5.75 Å². The van der Waals surface area contributed by atoms with Crippen molar-refractivity contribution >= 4 is 39.6 Å². The summed E-state index contributed by atoms with van der Waals surface area (Å²) < 4.78 is 2.14. The Hall–Kier alpha value is -2.07. The van der Waals surface area contributed by atoms with Crippen LogP contribution in [0.1, 0.15) is 0 Å². The number of hydrogen-bond acceptors (Lipinski definition) is 6. The van der Waals surface area contributed by atoms with E-state index in [2.05, 4.69) is 36.8 Å². The van der Waals surface area contributed by atoms with E-state index in [1.165, 1.54) is 11.7 Å². The molecule has 0 atom stereocenters. The molecule has 4 N–H and O–H groups in total. The van der Waals surface area contributed by atoms with Gasteiger partial charge in [0.15, 0.2) is 5.82 Å². The predicted molar refractivity (Wildman–Crippen MR) is 86.6 cm³/mol. The lowest BCUT2D eigenvalue weighted by atomic mass is 10.2. The largest absolute Gasteiger partial charge is 0.341 e. The molecular weight excluding hydrogens is 372 g/mol. The standard InChI is InChI=1S/C12H13BrN6O2S/c1-15-11(21)16-9(20)6-22-12-18-17-10(19(12)14)7-4-2-3-5-8(7)13/h2-5H,6,14H2,1H3,(H2,15,16,20,21). The van der Waals surface area contributed by atoms with Crippen molar-refractivity contribution < 1.29 is 9.59 Å². The van der Waals surface area contributed by atoms with Crippen LogP contribution in [0, 0.1) is 0 Å². The monoisotopic (exact) mass is 384 g/mol. The Bertz CT molecular complexity index is 705. The first-order valence-electron chi connectivity index (χ1n) is 6.12. The minimum absolute atomic E-state index is 0.00128. The number of rotatable bonds is 4. The van der Waals surface area contributed by atoms with Crippen LogP contribution >= 0.6 is 27.7 Å². The van der Waals surface area contributed by atoms with Gasteiger partial charge in [0, 0.05) is 17.1 Å². The quantitative estimate of drug-likeness (QED) is 0.534. The van der Waals surface area contributed by atoms with Gasteiger partial charge in [-0.1, -0.05) is 39.8 Å². The number of carbonyl (C=O) groups excluding carboxylic acids is 2. The molecule has 1 aromatic heterocycles. The van der Waals surface area contributed by atoms with Crippen LogP contribution in [0.15, 0.2) is 33.9 Å². The highest BCUT2D eigenvalue weighted by atomic mass is 79.9. The van der Waals surface area contributed by atoms with Gasteiger partial charge in [0.25, 0.3) is 0 Å². The molecule has 2 aromatic rings. The fourth-order valence-electron chi connectivity index (χ4n) is 1.56. The third-order valence-corrected chi connectivity index (χ3v) is 4.23. The summed E-state index contributed by atoms with van der Waals surface area (Å²) in [5.41, 5.74) is 0.791. The van der Waals surface area contributed by atoms with Gasteiger partial charge in [-0.15, -0.1) is 10.2 Å². The van der Waals surface area contributed by atoms with Gasteiger partial charge in [-0.25, -0.2) is 9.47 Å². The van der Waals surface area contributed by atoms with E-state index in [4.69, 9.17) is 5.84 Å². The predicted octanol–water partition coefficient (Wildman–Crippen LogP) is 0.969. The van der Waals surface area contributed by atoms with Gasteiger partial charge in [-0.2, -0.15) is 0 Å². The molecule has 0 saturated heterocycles. The topological polar surface area (TPSA) is 115 Å². The number of hydrogen-bond donors (Lipinski definition) is 3. The Morgan fingerprint density at radius 3 is 2.77 bits per heavy atom. The minimum Gasteiger partial charge on any atom is -0.341 e. The van der Waals surface area contributed by atoms with E-state index in [1.54, 1.807) is 0 Å². The van der Waals surface area contributed by atoms with E-state index in [-0.39, 0.29) is 5.75 Å². The van der Waals surface area contributed by atoms with Gasteiger partial charge in [-0.05, 0) is 12.1 Å². The van der Waals surface area contributed by atoms with Crippen LogP contribution in [0.25, 0.3) is 11.4 Å². The molecule has 0 spiro atoms. The first-order chi connectivity index (χ1) is 10.5. The Labute approximate surface area is 138 Å².